The second kappa shape index (κ2) is 2.40. The predicted octanol–water partition coefficient (Wildman–Crippen LogP) is 0.885. The summed E-state index contributed by atoms with van der Waals surface area (Å²) in [5.74, 6) is -0.370. The van der Waals surface area contributed by atoms with Gasteiger partial charge >= 0.3 is 0 Å². The molecular weight excluding hydrogens is 143 g/mol. The van der Waals surface area contributed by atoms with Gasteiger partial charge in [-0.05, 0) is 21.7 Å². The van der Waals surface area contributed by atoms with E-state index in [2.05, 4.69) is 15.9 Å². The highest BCUT2D eigenvalue weighted by atomic mass is 79.9. The van der Waals surface area contributed by atoms with E-state index in [1.165, 1.54) is 0 Å². The third-order valence-electron chi connectivity index (χ3n) is 0.358. The molecule has 0 amide bonds. The molecule has 3 heteroatoms. The van der Waals surface area contributed by atoms with Crippen LogP contribution < -0.4 is 0 Å². The first-order chi connectivity index (χ1) is 2.64. The quantitative estimate of drug-likeness (QED) is 0.397. The average molecular weight is 147 g/mol. The van der Waals surface area contributed by atoms with Crippen LogP contribution in [0.25, 0.3) is 0 Å². The first-order valence-corrected chi connectivity index (χ1v) is 2.39. The monoisotopic (exact) mass is 146 g/mol. The molecule has 1 atom stereocenters. The molecule has 0 aliphatic carbocycles. The van der Waals surface area contributed by atoms with E-state index in [1.807, 2.05) is 0 Å². The molecule has 0 bridgehead atoms. The number of halogens is 1. The maximum atomic E-state index is 9.94. The third kappa shape index (κ3) is 2.45. The van der Waals surface area contributed by atoms with Crippen LogP contribution in [0.3, 0.4) is 0 Å². The molecule has 1 unspecified atom stereocenters. The SMILES string of the molecule is [B]C(C)C(=O)Br. The molecular formula is C3H4BBrO. The van der Waals surface area contributed by atoms with Crippen LogP contribution in [0.2, 0.25) is 5.82 Å². The Bertz CT molecular complexity index is 61.8. The molecule has 0 aromatic rings. The van der Waals surface area contributed by atoms with Gasteiger partial charge in [0, 0.05) is 0 Å². The van der Waals surface area contributed by atoms with E-state index in [-0.39, 0.29) is 10.5 Å². The summed E-state index contributed by atoms with van der Waals surface area (Å²) in [6, 6.07) is 0. The first-order valence-electron chi connectivity index (χ1n) is 1.59. The van der Waals surface area contributed by atoms with Crippen LogP contribution in [0.5, 0.6) is 0 Å². The van der Waals surface area contributed by atoms with Gasteiger partial charge in [-0.15, -0.1) is 0 Å². The van der Waals surface area contributed by atoms with Gasteiger partial charge in [0.15, 0.2) is 4.69 Å². The topological polar surface area (TPSA) is 17.1 Å². The van der Waals surface area contributed by atoms with Crippen molar-refractivity contribution in [1.82, 2.24) is 0 Å². The minimum absolute atomic E-state index is 0.150. The van der Waals surface area contributed by atoms with Crippen molar-refractivity contribution in [2.24, 2.45) is 0 Å². The van der Waals surface area contributed by atoms with Gasteiger partial charge in [0.2, 0.25) is 0 Å². The van der Waals surface area contributed by atoms with Crippen LogP contribution in [0.4, 0.5) is 0 Å². The summed E-state index contributed by atoms with van der Waals surface area (Å²) >= 11 is 2.67. The molecule has 0 heterocycles. The number of rotatable bonds is 1. The Morgan fingerprint density at radius 1 is 2.00 bits per heavy atom. The van der Waals surface area contributed by atoms with Crippen molar-refractivity contribution in [1.29, 1.82) is 0 Å². The summed E-state index contributed by atoms with van der Waals surface area (Å²) < 4.78 is -0.150. The summed E-state index contributed by atoms with van der Waals surface area (Å²) in [6.07, 6.45) is 0. The van der Waals surface area contributed by atoms with Gasteiger partial charge in [-0.25, -0.2) is 0 Å². The highest BCUT2D eigenvalue weighted by Crippen LogP contribution is 2.01. The van der Waals surface area contributed by atoms with Crippen molar-refractivity contribution in [2.75, 3.05) is 0 Å². The van der Waals surface area contributed by atoms with E-state index in [1.54, 1.807) is 6.92 Å². The fraction of sp³-hybridized carbons (Fsp3) is 0.667. The van der Waals surface area contributed by atoms with Crippen LogP contribution >= 0.6 is 15.9 Å². The molecule has 2 radical (unpaired) electrons. The van der Waals surface area contributed by atoms with Crippen molar-refractivity contribution >= 4 is 28.5 Å². The van der Waals surface area contributed by atoms with Crippen molar-refractivity contribution in [3.05, 3.63) is 0 Å². The zero-order chi connectivity index (χ0) is 5.15. The largest absolute Gasteiger partial charge is 0.287 e. The molecule has 0 saturated heterocycles. The van der Waals surface area contributed by atoms with Gasteiger partial charge in [-0.3, -0.25) is 4.79 Å². The molecule has 32 valence electrons. The molecule has 6 heavy (non-hydrogen) atoms. The minimum atomic E-state index is -0.370. The molecule has 0 aromatic carbocycles. The Morgan fingerprint density at radius 2 is 2.17 bits per heavy atom. The Kier molecular flexibility index (Phi) is 2.48. The number of carbonyl (C=O) groups excluding carboxylic acids is 1. The smallest absolute Gasteiger partial charge is 0.191 e. The first kappa shape index (κ1) is 6.21. The Labute approximate surface area is 46.6 Å². The standard InChI is InChI=1S/C3H4BBrO/c1-2(4)3(5)6/h2H,1H3. The van der Waals surface area contributed by atoms with Crippen LogP contribution in [0.15, 0.2) is 0 Å². The Hall–Kier alpha value is 0.215. The molecule has 0 fully saturated rings. The highest BCUT2D eigenvalue weighted by Gasteiger charge is 1.97. The van der Waals surface area contributed by atoms with E-state index in [4.69, 9.17) is 7.85 Å². The number of hydrogen-bond donors (Lipinski definition) is 0. The van der Waals surface area contributed by atoms with E-state index in [0.29, 0.717) is 0 Å². The lowest BCUT2D eigenvalue weighted by Gasteiger charge is -1.88. The molecule has 0 aromatic heterocycles. The second-order valence-electron chi connectivity index (χ2n) is 1.09. The molecule has 0 N–H and O–H groups in total. The van der Waals surface area contributed by atoms with Crippen molar-refractivity contribution in [3.63, 3.8) is 0 Å². The van der Waals surface area contributed by atoms with Crippen LogP contribution in [-0.4, -0.2) is 12.5 Å². The predicted molar refractivity (Wildman–Crippen MR) is 29.1 cm³/mol. The zero-order valence-corrected chi connectivity index (χ0v) is 5.03. The lowest BCUT2D eigenvalue weighted by Crippen LogP contribution is -1.92. The number of carbonyl (C=O) groups is 1. The van der Waals surface area contributed by atoms with Gasteiger partial charge in [0.25, 0.3) is 0 Å². The summed E-state index contributed by atoms with van der Waals surface area (Å²) in [5.41, 5.74) is 0. The maximum absolute atomic E-state index is 9.94. The summed E-state index contributed by atoms with van der Waals surface area (Å²) in [6.45, 7) is 1.62. The third-order valence-corrected chi connectivity index (χ3v) is 1.08. The van der Waals surface area contributed by atoms with Crippen LogP contribution in [-0.2, 0) is 4.79 Å². The van der Waals surface area contributed by atoms with E-state index >= 15 is 0 Å². The lowest BCUT2D eigenvalue weighted by atomic mass is 9.92. The van der Waals surface area contributed by atoms with Crippen molar-refractivity contribution in [2.45, 2.75) is 12.7 Å². The van der Waals surface area contributed by atoms with Gasteiger partial charge in [-0.1, -0.05) is 6.92 Å². The summed E-state index contributed by atoms with van der Waals surface area (Å²) in [7, 11) is 5.04. The maximum Gasteiger partial charge on any atom is 0.191 e. The summed E-state index contributed by atoms with van der Waals surface area (Å²) in [4.78, 5) is 9.94. The average Bonchev–Trinajstić information content (AvgIpc) is 1.36. The Morgan fingerprint density at radius 3 is 2.17 bits per heavy atom. The fourth-order valence-corrected chi connectivity index (χ4v) is 0. The summed E-state index contributed by atoms with van der Waals surface area (Å²) in [5, 5.41) is 0. The Balaban J connectivity index is 3.26. The fourth-order valence-electron chi connectivity index (χ4n) is 0. The molecule has 0 spiro atoms. The van der Waals surface area contributed by atoms with Crippen molar-refractivity contribution < 1.29 is 4.79 Å². The van der Waals surface area contributed by atoms with Gasteiger partial charge < -0.3 is 0 Å². The van der Waals surface area contributed by atoms with Gasteiger partial charge in [0.05, 0.1) is 7.85 Å². The molecule has 0 aliphatic rings. The number of hydrogen-bond acceptors (Lipinski definition) is 1. The minimum Gasteiger partial charge on any atom is -0.287 e. The van der Waals surface area contributed by atoms with Crippen molar-refractivity contribution in [3.8, 4) is 0 Å². The van der Waals surface area contributed by atoms with Gasteiger partial charge in [-0.2, -0.15) is 0 Å². The highest BCUT2D eigenvalue weighted by molar-refractivity contribution is 9.18. The molecule has 0 rings (SSSR count). The molecule has 1 nitrogen and oxygen atoms in total. The van der Waals surface area contributed by atoms with Crippen LogP contribution in [0, 0.1) is 0 Å². The van der Waals surface area contributed by atoms with Crippen LogP contribution in [0.1, 0.15) is 6.92 Å². The van der Waals surface area contributed by atoms with E-state index in [0.717, 1.165) is 0 Å². The normalized spacial score (nSPS) is 13.7. The van der Waals surface area contributed by atoms with E-state index in [9.17, 15) is 4.79 Å². The molecule has 0 saturated carbocycles. The van der Waals surface area contributed by atoms with E-state index < -0.39 is 0 Å². The van der Waals surface area contributed by atoms with Gasteiger partial charge in [0.1, 0.15) is 0 Å². The zero-order valence-electron chi connectivity index (χ0n) is 3.44. The lowest BCUT2D eigenvalue weighted by molar-refractivity contribution is -0.110. The molecule has 0 aliphatic heterocycles. The second-order valence-corrected chi connectivity index (χ2v) is 1.87.